The summed E-state index contributed by atoms with van der Waals surface area (Å²) in [5, 5.41) is 11.7. The minimum atomic E-state index is -0.594. The largest absolute Gasteiger partial charge is 0.505 e. The lowest BCUT2D eigenvalue weighted by Gasteiger charge is -2.02. The molecule has 2 N–H and O–H groups in total. The summed E-state index contributed by atoms with van der Waals surface area (Å²) in [4.78, 5) is 0. The smallest absolute Gasteiger partial charge is 0.166 e. The third-order valence-electron chi connectivity index (χ3n) is 1.33. The van der Waals surface area contributed by atoms with Gasteiger partial charge in [0.2, 0.25) is 0 Å². The van der Waals surface area contributed by atoms with Gasteiger partial charge in [0, 0.05) is 18.3 Å². The molecule has 0 bridgehead atoms. The Balaban J connectivity index is 2.86. The molecule has 0 unspecified atom stereocenters. The maximum Gasteiger partial charge on any atom is 0.166 e. The highest BCUT2D eigenvalue weighted by Crippen LogP contribution is 2.18. The predicted molar refractivity (Wildman–Crippen MR) is 42.2 cm³/mol. The Labute approximate surface area is 64.7 Å². The Morgan fingerprint density at radius 3 is 2.82 bits per heavy atom. The lowest BCUT2D eigenvalue weighted by atomic mass is 10.3. The van der Waals surface area contributed by atoms with E-state index in [1.54, 1.807) is 6.07 Å². The van der Waals surface area contributed by atoms with Gasteiger partial charge in [-0.25, -0.2) is 4.39 Å². The molecule has 1 rings (SSSR count). The first-order valence-corrected chi connectivity index (χ1v) is 3.46. The SMILES string of the molecule is CCNc1ccc(O)c(F)c1. The number of nitrogens with one attached hydrogen (secondary N) is 1. The summed E-state index contributed by atoms with van der Waals surface area (Å²) in [6.45, 7) is 2.66. The molecule has 0 saturated heterocycles. The van der Waals surface area contributed by atoms with Crippen molar-refractivity contribution in [1.29, 1.82) is 0 Å². The van der Waals surface area contributed by atoms with Crippen LogP contribution < -0.4 is 5.32 Å². The zero-order valence-corrected chi connectivity index (χ0v) is 6.26. The van der Waals surface area contributed by atoms with Gasteiger partial charge in [-0.3, -0.25) is 0 Å². The van der Waals surface area contributed by atoms with Gasteiger partial charge >= 0.3 is 0 Å². The minimum Gasteiger partial charge on any atom is -0.505 e. The van der Waals surface area contributed by atoms with Gasteiger partial charge in [0.15, 0.2) is 11.6 Å². The number of rotatable bonds is 2. The molecule has 1 aromatic rings. The fourth-order valence-corrected chi connectivity index (χ4v) is 0.821. The van der Waals surface area contributed by atoms with Crippen molar-refractivity contribution in [1.82, 2.24) is 0 Å². The second-order valence-electron chi connectivity index (χ2n) is 2.20. The molecule has 0 radical (unpaired) electrons. The summed E-state index contributed by atoms with van der Waals surface area (Å²) in [7, 11) is 0. The molecule has 0 spiro atoms. The molecule has 0 fully saturated rings. The van der Waals surface area contributed by atoms with E-state index in [2.05, 4.69) is 5.32 Å². The highest BCUT2D eigenvalue weighted by atomic mass is 19.1. The second-order valence-corrected chi connectivity index (χ2v) is 2.20. The standard InChI is InChI=1S/C8H10FNO/c1-2-10-6-3-4-8(11)7(9)5-6/h3-5,10-11H,2H2,1H3. The highest BCUT2D eigenvalue weighted by molar-refractivity contribution is 5.46. The molecule has 3 heteroatoms. The zero-order chi connectivity index (χ0) is 8.27. The van der Waals surface area contributed by atoms with Crippen LogP contribution in [0, 0.1) is 5.82 Å². The molecular formula is C8H10FNO. The summed E-state index contributed by atoms with van der Waals surface area (Å²) < 4.78 is 12.6. The maximum atomic E-state index is 12.6. The van der Waals surface area contributed by atoms with Crippen molar-refractivity contribution in [2.75, 3.05) is 11.9 Å². The summed E-state index contributed by atoms with van der Waals surface area (Å²) in [6.07, 6.45) is 0. The lowest BCUT2D eigenvalue weighted by molar-refractivity contribution is 0.432. The van der Waals surface area contributed by atoms with Gasteiger partial charge in [-0.05, 0) is 19.1 Å². The molecule has 60 valence electrons. The van der Waals surface area contributed by atoms with Gasteiger partial charge in [0.25, 0.3) is 0 Å². The van der Waals surface area contributed by atoms with Crippen molar-refractivity contribution in [3.05, 3.63) is 24.0 Å². The average molecular weight is 155 g/mol. The molecule has 0 aliphatic carbocycles. The van der Waals surface area contributed by atoms with Crippen LogP contribution in [0.2, 0.25) is 0 Å². The molecule has 0 atom stereocenters. The number of hydrogen-bond donors (Lipinski definition) is 2. The monoisotopic (exact) mass is 155 g/mol. The number of aromatic hydroxyl groups is 1. The summed E-state index contributed by atoms with van der Waals surface area (Å²) in [5.41, 5.74) is 0.683. The minimum absolute atomic E-state index is 0.313. The zero-order valence-electron chi connectivity index (χ0n) is 6.26. The number of anilines is 1. The number of halogens is 1. The first kappa shape index (κ1) is 7.85. The van der Waals surface area contributed by atoms with Crippen LogP contribution >= 0.6 is 0 Å². The summed E-state index contributed by atoms with van der Waals surface area (Å²) >= 11 is 0. The van der Waals surface area contributed by atoms with E-state index in [-0.39, 0.29) is 5.75 Å². The van der Waals surface area contributed by atoms with Crippen LogP contribution in [0.1, 0.15) is 6.92 Å². The third-order valence-corrected chi connectivity index (χ3v) is 1.33. The van der Waals surface area contributed by atoms with Gasteiger partial charge in [0.1, 0.15) is 0 Å². The van der Waals surface area contributed by atoms with Crippen molar-refractivity contribution in [3.63, 3.8) is 0 Å². The van der Waals surface area contributed by atoms with Crippen molar-refractivity contribution in [3.8, 4) is 5.75 Å². The van der Waals surface area contributed by atoms with E-state index in [1.807, 2.05) is 6.92 Å². The van der Waals surface area contributed by atoms with Crippen LogP contribution in [-0.2, 0) is 0 Å². The quantitative estimate of drug-likeness (QED) is 0.640. The van der Waals surface area contributed by atoms with Gasteiger partial charge in [0.05, 0.1) is 0 Å². The van der Waals surface area contributed by atoms with Crippen LogP contribution in [0.5, 0.6) is 5.75 Å². The van der Waals surface area contributed by atoms with Gasteiger partial charge in [-0.2, -0.15) is 0 Å². The van der Waals surface area contributed by atoms with Crippen LogP contribution in [0.3, 0.4) is 0 Å². The van der Waals surface area contributed by atoms with Crippen molar-refractivity contribution < 1.29 is 9.50 Å². The molecule has 11 heavy (non-hydrogen) atoms. The fourth-order valence-electron chi connectivity index (χ4n) is 0.821. The highest BCUT2D eigenvalue weighted by Gasteiger charge is 1.99. The molecule has 0 saturated carbocycles. The van der Waals surface area contributed by atoms with E-state index < -0.39 is 5.82 Å². The topological polar surface area (TPSA) is 32.3 Å². The Kier molecular flexibility index (Phi) is 2.31. The third kappa shape index (κ3) is 1.83. The molecule has 0 amide bonds. The first-order valence-electron chi connectivity index (χ1n) is 3.46. The lowest BCUT2D eigenvalue weighted by Crippen LogP contribution is -1.96. The van der Waals surface area contributed by atoms with Gasteiger partial charge in [-0.15, -0.1) is 0 Å². The maximum absolute atomic E-state index is 12.6. The fraction of sp³-hybridized carbons (Fsp3) is 0.250. The molecular weight excluding hydrogens is 145 g/mol. The van der Waals surface area contributed by atoms with E-state index in [0.29, 0.717) is 5.69 Å². The van der Waals surface area contributed by atoms with E-state index >= 15 is 0 Å². The Morgan fingerprint density at radius 1 is 1.55 bits per heavy atom. The molecule has 0 aliphatic rings. The van der Waals surface area contributed by atoms with E-state index in [4.69, 9.17) is 5.11 Å². The Bertz CT molecular complexity index is 250. The summed E-state index contributed by atoms with van der Waals surface area (Å²) in [6, 6.07) is 4.22. The van der Waals surface area contributed by atoms with Crippen molar-refractivity contribution in [2.45, 2.75) is 6.92 Å². The Morgan fingerprint density at radius 2 is 2.27 bits per heavy atom. The molecule has 0 aromatic heterocycles. The van der Waals surface area contributed by atoms with Crippen molar-refractivity contribution in [2.24, 2.45) is 0 Å². The van der Waals surface area contributed by atoms with Gasteiger partial charge in [-0.1, -0.05) is 0 Å². The first-order chi connectivity index (χ1) is 5.24. The van der Waals surface area contributed by atoms with Crippen LogP contribution in [0.25, 0.3) is 0 Å². The van der Waals surface area contributed by atoms with E-state index in [1.165, 1.54) is 12.1 Å². The van der Waals surface area contributed by atoms with Crippen LogP contribution in [0.4, 0.5) is 10.1 Å². The summed E-state index contributed by atoms with van der Waals surface area (Å²) in [5.74, 6) is -0.907. The van der Waals surface area contributed by atoms with Gasteiger partial charge < -0.3 is 10.4 Å². The normalized spacial score (nSPS) is 9.64. The van der Waals surface area contributed by atoms with Crippen molar-refractivity contribution >= 4 is 5.69 Å². The molecule has 0 heterocycles. The molecule has 1 aromatic carbocycles. The Hall–Kier alpha value is -1.25. The number of phenols is 1. The van der Waals surface area contributed by atoms with E-state index in [9.17, 15) is 4.39 Å². The molecule has 2 nitrogen and oxygen atoms in total. The van der Waals surface area contributed by atoms with Crippen LogP contribution in [-0.4, -0.2) is 11.7 Å². The average Bonchev–Trinajstić information content (AvgIpc) is 1.98. The van der Waals surface area contributed by atoms with Crippen LogP contribution in [0.15, 0.2) is 18.2 Å². The number of phenolic OH excluding ortho intramolecular Hbond substituents is 1. The second kappa shape index (κ2) is 3.23. The number of benzene rings is 1. The number of hydrogen-bond acceptors (Lipinski definition) is 2. The van der Waals surface area contributed by atoms with E-state index in [0.717, 1.165) is 6.54 Å². The predicted octanol–water partition coefficient (Wildman–Crippen LogP) is 1.96. The molecule has 0 aliphatic heterocycles.